The third-order valence-electron chi connectivity index (χ3n) is 4.63. The summed E-state index contributed by atoms with van der Waals surface area (Å²) < 4.78 is 6.03. The van der Waals surface area contributed by atoms with Crippen molar-refractivity contribution < 1.29 is 19.4 Å². The number of fused-ring (bicyclic) bond motifs is 2. The molecule has 0 saturated heterocycles. The van der Waals surface area contributed by atoms with Gasteiger partial charge in [0.25, 0.3) is 0 Å². The number of aliphatic carboxylic acids is 1. The van der Waals surface area contributed by atoms with E-state index in [-0.39, 0.29) is 18.1 Å². The molecule has 22 heavy (non-hydrogen) atoms. The second kappa shape index (κ2) is 5.13. The molecular weight excluding hydrogens is 280 g/mol. The zero-order valence-corrected chi connectivity index (χ0v) is 12.9. The van der Waals surface area contributed by atoms with E-state index in [2.05, 4.69) is 0 Å². The number of carboxylic acid groups (broad SMARTS) is 1. The second-order valence-electron chi connectivity index (χ2n) is 5.98. The molecule has 1 aromatic rings. The van der Waals surface area contributed by atoms with Crippen LogP contribution in [-0.2, 0) is 11.2 Å². The van der Waals surface area contributed by atoms with E-state index in [0.29, 0.717) is 29.1 Å². The summed E-state index contributed by atoms with van der Waals surface area (Å²) in [6, 6.07) is 5.14. The smallest absolute Gasteiger partial charge is 0.307 e. The van der Waals surface area contributed by atoms with Crippen molar-refractivity contribution in [3.63, 3.8) is 0 Å². The van der Waals surface area contributed by atoms with Gasteiger partial charge in [-0.25, -0.2) is 0 Å². The lowest BCUT2D eigenvalue weighted by Gasteiger charge is -2.33. The third-order valence-corrected chi connectivity index (χ3v) is 4.63. The standard InChI is InChI=1S/C18H18O4/c1-9-7-14-16(21)13-6-4-5-12(8-15(19)20)18(13)22-17(14)11(3)10(9)2/h4-6,14H,7-8H2,1-3H3,(H,19,20). The highest BCUT2D eigenvalue weighted by Crippen LogP contribution is 2.43. The van der Waals surface area contributed by atoms with Gasteiger partial charge in [-0.1, -0.05) is 17.7 Å². The van der Waals surface area contributed by atoms with E-state index < -0.39 is 5.97 Å². The summed E-state index contributed by atoms with van der Waals surface area (Å²) in [7, 11) is 0. The van der Waals surface area contributed by atoms with Gasteiger partial charge in [-0.15, -0.1) is 0 Å². The lowest BCUT2D eigenvalue weighted by Crippen LogP contribution is -2.30. The monoisotopic (exact) mass is 298 g/mol. The van der Waals surface area contributed by atoms with Crippen LogP contribution < -0.4 is 4.74 Å². The topological polar surface area (TPSA) is 63.6 Å². The number of hydrogen-bond acceptors (Lipinski definition) is 3. The second-order valence-corrected chi connectivity index (χ2v) is 5.98. The van der Waals surface area contributed by atoms with Crippen LogP contribution in [0.2, 0.25) is 0 Å². The highest BCUT2D eigenvalue weighted by atomic mass is 16.5. The summed E-state index contributed by atoms with van der Waals surface area (Å²) in [4.78, 5) is 23.8. The number of allylic oxidation sites excluding steroid dienone is 4. The van der Waals surface area contributed by atoms with Gasteiger partial charge >= 0.3 is 5.97 Å². The van der Waals surface area contributed by atoms with Gasteiger partial charge in [0.15, 0.2) is 5.78 Å². The Labute approximate surface area is 129 Å². The van der Waals surface area contributed by atoms with E-state index >= 15 is 0 Å². The van der Waals surface area contributed by atoms with Crippen molar-refractivity contribution in [3.05, 3.63) is 51.8 Å². The molecule has 0 spiro atoms. The molecule has 1 aromatic carbocycles. The number of hydrogen-bond donors (Lipinski definition) is 1. The van der Waals surface area contributed by atoms with E-state index in [1.165, 1.54) is 5.57 Å². The van der Waals surface area contributed by atoms with Crippen molar-refractivity contribution in [2.75, 3.05) is 0 Å². The van der Waals surface area contributed by atoms with Gasteiger partial charge in [-0.05, 0) is 44.4 Å². The quantitative estimate of drug-likeness (QED) is 0.907. The fourth-order valence-corrected chi connectivity index (χ4v) is 3.18. The van der Waals surface area contributed by atoms with E-state index in [0.717, 1.165) is 11.1 Å². The van der Waals surface area contributed by atoms with E-state index in [1.54, 1.807) is 18.2 Å². The molecule has 0 saturated carbocycles. The molecule has 114 valence electrons. The molecule has 1 aliphatic heterocycles. The third kappa shape index (κ3) is 2.15. The maximum absolute atomic E-state index is 12.8. The summed E-state index contributed by atoms with van der Waals surface area (Å²) in [5, 5.41) is 9.04. The minimum Gasteiger partial charge on any atom is -0.481 e. The molecule has 4 heteroatoms. The van der Waals surface area contributed by atoms with Gasteiger partial charge in [0.05, 0.1) is 17.9 Å². The van der Waals surface area contributed by atoms with E-state index in [9.17, 15) is 9.59 Å². The Hall–Kier alpha value is -2.36. The van der Waals surface area contributed by atoms with Crippen LogP contribution in [0.1, 0.15) is 43.1 Å². The first-order valence-electron chi connectivity index (χ1n) is 7.33. The highest BCUT2D eigenvalue weighted by Gasteiger charge is 2.38. The van der Waals surface area contributed by atoms with Crippen LogP contribution >= 0.6 is 0 Å². The van der Waals surface area contributed by atoms with Crippen LogP contribution in [0.25, 0.3) is 0 Å². The van der Waals surface area contributed by atoms with Gasteiger partial charge in [0.2, 0.25) is 0 Å². The first kappa shape index (κ1) is 14.6. The summed E-state index contributed by atoms with van der Waals surface area (Å²) in [5.41, 5.74) is 4.37. The van der Waals surface area contributed by atoms with E-state index in [1.807, 2.05) is 20.8 Å². The Kier molecular flexibility index (Phi) is 3.39. The minimum atomic E-state index is -0.937. The van der Waals surface area contributed by atoms with Crippen LogP contribution in [0.5, 0.6) is 5.75 Å². The fourth-order valence-electron chi connectivity index (χ4n) is 3.18. The van der Waals surface area contributed by atoms with Gasteiger partial charge in [-0.2, -0.15) is 0 Å². The number of carbonyl (C=O) groups is 2. The lowest BCUT2D eigenvalue weighted by atomic mass is 9.79. The number of carbonyl (C=O) groups excluding carboxylic acids is 1. The predicted octanol–water partition coefficient (Wildman–Crippen LogP) is 3.52. The molecule has 3 rings (SSSR count). The molecule has 1 aliphatic carbocycles. The normalized spacial score (nSPS) is 20.5. The largest absolute Gasteiger partial charge is 0.481 e. The number of rotatable bonds is 2. The number of benzene rings is 1. The molecule has 1 N–H and O–H groups in total. The minimum absolute atomic E-state index is 0.0229. The number of carboxylic acids is 1. The number of Topliss-reactive ketones (excluding diaryl/α,β-unsaturated/α-hetero) is 1. The van der Waals surface area contributed by atoms with Crippen LogP contribution in [0.3, 0.4) is 0 Å². The molecule has 0 radical (unpaired) electrons. The van der Waals surface area contributed by atoms with Crippen molar-refractivity contribution in [2.24, 2.45) is 5.92 Å². The van der Waals surface area contributed by atoms with Gasteiger partial charge < -0.3 is 9.84 Å². The van der Waals surface area contributed by atoms with Crippen LogP contribution in [-0.4, -0.2) is 16.9 Å². The molecule has 0 aromatic heterocycles. The fraction of sp³-hybridized carbons (Fsp3) is 0.333. The first-order chi connectivity index (χ1) is 10.4. The molecule has 4 nitrogen and oxygen atoms in total. The Morgan fingerprint density at radius 2 is 2.00 bits per heavy atom. The summed E-state index contributed by atoms with van der Waals surface area (Å²) in [6.07, 6.45) is 0.515. The molecule has 1 atom stereocenters. The van der Waals surface area contributed by atoms with Crippen molar-refractivity contribution in [1.82, 2.24) is 0 Å². The van der Waals surface area contributed by atoms with Crippen LogP contribution in [0.15, 0.2) is 40.7 Å². The Balaban J connectivity index is 2.15. The maximum Gasteiger partial charge on any atom is 0.307 e. The maximum atomic E-state index is 12.8. The molecule has 1 unspecified atom stereocenters. The summed E-state index contributed by atoms with van der Waals surface area (Å²) >= 11 is 0. The van der Waals surface area contributed by atoms with Crippen molar-refractivity contribution in [2.45, 2.75) is 33.6 Å². The SMILES string of the molecule is CC1=C(C)C(C)=C2Oc3c(CC(=O)O)cccc3C(=O)C2C1. The Morgan fingerprint density at radius 3 is 2.68 bits per heavy atom. The van der Waals surface area contributed by atoms with Gasteiger partial charge in [-0.3, -0.25) is 9.59 Å². The molecule has 0 fully saturated rings. The lowest BCUT2D eigenvalue weighted by molar-refractivity contribution is -0.136. The molecule has 2 aliphatic rings. The van der Waals surface area contributed by atoms with Crippen LogP contribution in [0, 0.1) is 5.92 Å². The van der Waals surface area contributed by atoms with Crippen molar-refractivity contribution in [1.29, 1.82) is 0 Å². The van der Waals surface area contributed by atoms with Crippen LogP contribution in [0.4, 0.5) is 0 Å². The average Bonchev–Trinajstić information content (AvgIpc) is 2.47. The average molecular weight is 298 g/mol. The zero-order valence-electron chi connectivity index (χ0n) is 12.9. The number of ketones is 1. The summed E-state index contributed by atoms with van der Waals surface area (Å²) in [5.74, 6) is -0.106. The predicted molar refractivity (Wildman–Crippen MR) is 81.9 cm³/mol. The first-order valence-corrected chi connectivity index (χ1v) is 7.33. The molecule has 0 amide bonds. The molecular formula is C18H18O4. The molecule has 1 heterocycles. The Morgan fingerprint density at radius 1 is 1.27 bits per heavy atom. The zero-order chi connectivity index (χ0) is 16.0. The Bertz CT molecular complexity index is 752. The van der Waals surface area contributed by atoms with Crippen molar-refractivity contribution in [3.8, 4) is 5.75 Å². The highest BCUT2D eigenvalue weighted by molar-refractivity contribution is 6.04. The van der Waals surface area contributed by atoms with Gasteiger partial charge in [0, 0.05) is 5.56 Å². The summed E-state index contributed by atoms with van der Waals surface area (Å²) in [6.45, 7) is 6.03. The number of ether oxygens (including phenoxy) is 1. The number of para-hydroxylation sites is 1. The van der Waals surface area contributed by atoms with E-state index in [4.69, 9.17) is 9.84 Å². The van der Waals surface area contributed by atoms with Crippen molar-refractivity contribution >= 4 is 11.8 Å². The molecule has 0 bridgehead atoms. The van der Waals surface area contributed by atoms with Gasteiger partial charge in [0.1, 0.15) is 11.5 Å².